The minimum atomic E-state index is -0.529. The molecule has 0 atom stereocenters. The average Bonchev–Trinajstić information content (AvgIpc) is 2.78. The number of aromatic nitrogens is 2. The molecular formula is C21H21FN4O4. The molecule has 3 heterocycles. The summed E-state index contributed by atoms with van der Waals surface area (Å²) in [6.07, 6.45) is 1.54. The zero-order valence-corrected chi connectivity index (χ0v) is 16.4. The van der Waals surface area contributed by atoms with Crippen LogP contribution in [0.3, 0.4) is 0 Å². The minimum Gasteiger partial charge on any atom is -0.466 e. The molecule has 0 spiro atoms. The largest absolute Gasteiger partial charge is 0.466 e. The monoisotopic (exact) mass is 412 g/mol. The van der Waals surface area contributed by atoms with Gasteiger partial charge in [-0.3, -0.25) is 9.36 Å². The van der Waals surface area contributed by atoms with E-state index in [-0.39, 0.29) is 23.9 Å². The van der Waals surface area contributed by atoms with Crippen LogP contribution < -0.4 is 20.5 Å². The summed E-state index contributed by atoms with van der Waals surface area (Å²) in [5, 5.41) is 3.59. The van der Waals surface area contributed by atoms with Gasteiger partial charge in [-0.05, 0) is 24.3 Å². The Hall–Kier alpha value is -3.46. The van der Waals surface area contributed by atoms with Gasteiger partial charge in [0, 0.05) is 44.5 Å². The van der Waals surface area contributed by atoms with Crippen molar-refractivity contribution < 1.29 is 18.7 Å². The van der Waals surface area contributed by atoms with E-state index in [1.54, 1.807) is 30.5 Å². The Kier molecular flexibility index (Phi) is 5.62. The van der Waals surface area contributed by atoms with Crippen LogP contribution in [0.2, 0.25) is 0 Å². The topological polar surface area (TPSA) is 85.7 Å². The predicted molar refractivity (Wildman–Crippen MR) is 110 cm³/mol. The van der Waals surface area contributed by atoms with E-state index in [9.17, 15) is 14.0 Å². The number of ether oxygens (including phenoxy) is 2. The molecule has 156 valence electrons. The fourth-order valence-electron chi connectivity index (χ4n) is 3.39. The van der Waals surface area contributed by atoms with Crippen molar-refractivity contribution in [2.24, 2.45) is 0 Å². The highest BCUT2D eigenvalue weighted by atomic mass is 19.1. The Morgan fingerprint density at radius 1 is 1.20 bits per heavy atom. The number of carbonyl (C=O) groups is 1. The van der Waals surface area contributed by atoms with Gasteiger partial charge in [0.15, 0.2) is 6.61 Å². The molecule has 2 aromatic heterocycles. The molecule has 9 heteroatoms. The predicted octanol–water partition coefficient (Wildman–Crippen LogP) is 1.49. The number of halogens is 1. The third-order valence-corrected chi connectivity index (χ3v) is 4.96. The van der Waals surface area contributed by atoms with Crippen molar-refractivity contribution in [3.05, 3.63) is 58.8 Å². The maximum atomic E-state index is 14.8. The van der Waals surface area contributed by atoms with Crippen LogP contribution in [-0.4, -0.2) is 55.4 Å². The highest BCUT2D eigenvalue weighted by molar-refractivity contribution is 5.78. The van der Waals surface area contributed by atoms with E-state index in [1.807, 2.05) is 4.90 Å². The van der Waals surface area contributed by atoms with Crippen molar-refractivity contribution in [3.8, 4) is 11.6 Å². The van der Waals surface area contributed by atoms with E-state index in [0.717, 1.165) is 26.2 Å². The molecule has 30 heavy (non-hydrogen) atoms. The maximum Gasteiger partial charge on any atom is 0.343 e. The van der Waals surface area contributed by atoms with Gasteiger partial charge in [-0.1, -0.05) is 0 Å². The van der Waals surface area contributed by atoms with Crippen LogP contribution in [-0.2, 0) is 9.53 Å². The molecule has 0 aliphatic carbocycles. The van der Waals surface area contributed by atoms with Gasteiger partial charge in [-0.2, -0.15) is 0 Å². The Morgan fingerprint density at radius 2 is 2.00 bits per heavy atom. The first kappa shape index (κ1) is 19.8. The van der Waals surface area contributed by atoms with Crippen molar-refractivity contribution in [1.29, 1.82) is 0 Å². The Bertz CT molecular complexity index is 1140. The molecule has 1 aliphatic rings. The molecule has 1 fully saturated rings. The van der Waals surface area contributed by atoms with Crippen LogP contribution in [0.1, 0.15) is 0 Å². The lowest BCUT2D eigenvalue weighted by molar-refractivity contribution is -0.143. The second-order valence-electron chi connectivity index (χ2n) is 6.81. The van der Waals surface area contributed by atoms with E-state index >= 15 is 0 Å². The highest BCUT2D eigenvalue weighted by Gasteiger charge is 2.16. The third-order valence-electron chi connectivity index (χ3n) is 4.96. The molecule has 1 saturated heterocycles. The second kappa shape index (κ2) is 8.50. The smallest absolute Gasteiger partial charge is 0.343 e. The molecule has 4 rings (SSSR count). The molecule has 0 radical (unpaired) electrons. The second-order valence-corrected chi connectivity index (χ2v) is 6.81. The molecule has 0 unspecified atom stereocenters. The van der Waals surface area contributed by atoms with E-state index in [0.29, 0.717) is 22.3 Å². The SMILES string of the molecule is COC(=O)COc1ccc2c(=O)n(-c3ccc(N4CCNCC4)c(F)c3)ccc2n1. The van der Waals surface area contributed by atoms with Crippen molar-refractivity contribution in [2.75, 3.05) is 44.8 Å². The van der Waals surface area contributed by atoms with Gasteiger partial charge in [0.1, 0.15) is 5.82 Å². The summed E-state index contributed by atoms with van der Waals surface area (Å²) in [5.41, 5.74) is 1.05. The molecule has 1 aliphatic heterocycles. The van der Waals surface area contributed by atoms with Crippen LogP contribution in [0.25, 0.3) is 16.6 Å². The lowest BCUT2D eigenvalue weighted by atomic mass is 10.2. The van der Waals surface area contributed by atoms with E-state index in [4.69, 9.17) is 4.74 Å². The van der Waals surface area contributed by atoms with Crippen LogP contribution in [0, 0.1) is 5.82 Å². The van der Waals surface area contributed by atoms with Crippen LogP contribution in [0.5, 0.6) is 5.88 Å². The molecule has 8 nitrogen and oxygen atoms in total. The molecular weight excluding hydrogens is 391 g/mol. The number of rotatable bonds is 5. The number of benzene rings is 1. The number of carbonyl (C=O) groups excluding carboxylic acids is 1. The number of nitrogens with one attached hydrogen (secondary N) is 1. The van der Waals surface area contributed by atoms with Crippen molar-refractivity contribution in [1.82, 2.24) is 14.9 Å². The average molecular weight is 412 g/mol. The van der Waals surface area contributed by atoms with Crippen LogP contribution in [0.15, 0.2) is 47.4 Å². The lowest BCUT2D eigenvalue weighted by Crippen LogP contribution is -2.43. The van der Waals surface area contributed by atoms with Gasteiger partial charge >= 0.3 is 5.97 Å². The number of pyridine rings is 2. The lowest BCUT2D eigenvalue weighted by Gasteiger charge is -2.29. The van der Waals surface area contributed by atoms with E-state index < -0.39 is 5.97 Å². The van der Waals surface area contributed by atoms with Gasteiger partial charge in [-0.15, -0.1) is 0 Å². The molecule has 3 aromatic rings. The highest BCUT2D eigenvalue weighted by Crippen LogP contribution is 2.23. The van der Waals surface area contributed by atoms with Gasteiger partial charge in [0.05, 0.1) is 29.4 Å². The van der Waals surface area contributed by atoms with Gasteiger partial charge < -0.3 is 19.7 Å². The first-order valence-corrected chi connectivity index (χ1v) is 9.54. The van der Waals surface area contributed by atoms with Crippen LogP contribution in [0.4, 0.5) is 10.1 Å². The zero-order chi connectivity index (χ0) is 21.1. The third kappa shape index (κ3) is 3.97. The van der Waals surface area contributed by atoms with Crippen molar-refractivity contribution >= 4 is 22.6 Å². The number of methoxy groups -OCH3 is 1. The Labute approximate surface area is 171 Å². The molecule has 0 amide bonds. The zero-order valence-electron chi connectivity index (χ0n) is 16.4. The van der Waals surface area contributed by atoms with E-state index in [1.165, 1.54) is 23.8 Å². The van der Waals surface area contributed by atoms with Gasteiger partial charge in [0.2, 0.25) is 5.88 Å². The molecule has 1 aromatic carbocycles. The summed E-state index contributed by atoms with van der Waals surface area (Å²) in [7, 11) is 1.26. The first-order valence-electron chi connectivity index (χ1n) is 9.54. The number of esters is 1. The first-order chi connectivity index (χ1) is 14.6. The van der Waals surface area contributed by atoms with E-state index in [2.05, 4.69) is 15.0 Å². The number of piperazine rings is 1. The summed E-state index contributed by atoms with van der Waals surface area (Å²) >= 11 is 0. The number of hydrogen-bond donors (Lipinski definition) is 1. The minimum absolute atomic E-state index is 0.205. The maximum absolute atomic E-state index is 14.8. The fraction of sp³-hybridized carbons (Fsp3) is 0.286. The van der Waals surface area contributed by atoms with Gasteiger partial charge in [-0.25, -0.2) is 14.2 Å². The molecule has 0 bridgehead atoms. The summed E-state index contributed by atoms with van der Waals surface area (Å²) in [5.74, 6) is -0.693. The summed E-state index contributed by atoms with van der Waals surface area (Å²) in [6, 6.07) is 9.52. The standard InChI is InChI=1S/C21H21FN4O4/c1-29-20(27)13-30-19-5-3-15-17(24-19)6-9-26(21(15)28)14-2-4-18(16(22)12-14)25-10-7-23-8-11-25/h2-6,9,12,23H,7-8,10-11,13H2,1H3. The fourth-order valence-corrected chi connectivity index (χ4v) is 3.39. The summed E-state index contributed by atoms with van der Waals surface area (Å²) < 4.78 is 25.9. The number of hydrogen-bond acceptors (Lipinski definition) is 7. The Balaban J connectivity index is 1.63. The normalized spacial score (nSPS) is 14.0. The molecule has 0 saturated carbocycles. The number of fused-ring (bicyclic) bond motifs is 1. The number of anilines is 1. The number of nitrogens with zero attached hydrogens (tertiary/aromatic N) is 3. The summed E-state index contributed by atoms with van der Waals surface area (Å²) in [6.45, 7) is 2.81. The Morgan fingerprint density at radius 3 is 2.73 bits per heavy atom. The van der Waals surface area contributed by atoms with Crippen LogP contribution >= 0.6 is 0 Å². The van der Waals surface area contributed by atoms with Crippen molar-refractivity contribution in [2.45, 2.75) is 0 Å². The molecule has 1 N–H and O–H groups in total. The summed E-state index contributed by atoms with van der Waals surface area (Å²) in [4.78, 5) is 30.3. The van der Waals surface area contributed by atoms with Crippen molar-refractivity contribution in [3.63, 3.8) is 0 Å². The van der Waals surface area contributed by atoms with Gasteiger partial charge in [0.25, 0.3) is 5.56 Å². The quantitative estimate of drug-likeness (QED) is 0.636.